The van der Waals surface area contributed by atoms with E-state index in [4.69, 9.17) is 8.83 Å². The molecular formula is C14H19N3O4. The van der Waals surface area contributed by atoms with Crippen LogP contribution in [0, 0.1) is 13.8 Å². The van der Waals surface area contributed by atoms with E-state index in [-0.39, 0.29) is 12.5 Å². The van der Waals surface area contributed by atoms with Crippen LogP contribution >= 0.6 is 0 Å². The molecule has 7 nitrogen and oxygen atoms in total. The Morgan fingerprint density at radius 1 is 1.33 bits per heavy atom. The molecule has 21 heavy (non-hydrogen) atoms. The molecule has 0 bridgehead atoms. The van der Waals surface area contributed by atoms with Crippen LogP contribution in [0.4, 0.5) is 0 Å². The smallest absolute Gasteiger partial charge is 0.319 e. The first kappa shape index (κ1) is 15.2. The lowest BCUT2D eigenvalue weighted by Gasteiger charge is -2.16. The van der Waals surface area contributed by atoms with Crippen LogP contribution in [-0.4, -0.2) is 41.3 Å². The molecule has 2 aromatic rings. The molecule has 114 valence electrons. The fourth-order valence-electron chi connectivity index (χ4n) is 1.99. The van der Waals surface area contributed by atoms with E-state index in [0.717, 1.165) is 17.1 Å². The van der Waals surface area contributed by atoms with Gasteiger partial charge in [-0.15, -0.1) is 10.2 Å². The second-order valence-electron chi connectivity index (χ2n) is 4.71. The normalized spacial score (nSPS) is 11.1. The summed E-state index contributed by atoms with van der Waals surface area (Å²) in [6.45, 7) is 6.92. The summed E-state index contributed by atoms with van der Waals surface area (Å²) in [4.78, 5) is 13.2. The first-order valence-corrected chi connectivity index (χ1v) is 6.72. The first-order chi connectivity index (χ1) is 10.0. The summed E-state index contributed by atoms with van der Waals surface area (Å²) in [7, 11) is 1.37. The lowest BCUT2D eigenvalue weighted by atomic mass is 10.2. The molecule has 0 aliphatic heterocycles. The number of rotatable bonds is 6. The average molecular weight is 293 g/mol. The number of hydrogen-bond donors (Lipinski definition) is 0. The Morgan fingerprint density at radius 3 is 2.67 bits per heavy atom. The number of aryl methyl sites for hydroxylation is 2. The van der Waals surface area contributed by atoms with Gasteiger partial charge in [0, 0.05) is 0 Å². The highest BCUT2D eigenvalue weighted by Crippen LogP contribution is 2.25. The summed E-state index contributed by atoms with van der Waals surface area (Å²) in [6.07, 6.45) is 0. The molecule has 0 fully saturated rings. The van der Waals surface area contributed by atoms with Crippen molar-refractivity contribution >= 4 is 5.97 Å². The highest BCUT2D eigenvalue weighted by molar-refractivity contribution is 5.71. The number of carbonyl (C=O) groups excluding carboxylic acids is 1. The van der Waals surface area contributed by atoms with Gasteiger partial charge in [-0.1, -0.05) is 6.92 Å². The summed E-state index contributed by atoms with van der Waals surface area (Å²) in [5.41, 5.74) is 0.794. The summed E-state index contributed by atoms with van der Waals surface area (Å²) >= 11 is 0. The lowest BCUT2D eigenvalue weighted by molar-refractivity contribution is -0.142. The van der Waals surface area contributed by atoms with Crippen LogP contribution in [0.3, 0.4) is 0 Å². The zero-order chi connectivity index (χ0) is 15.4. The van der Waals surface area contributed by atoms with Crippen molar-refractivity contribution in [2.45, 2.75) is 27.3 Å². The summed E-state index contributed by atoms with van der Waals surface area (Å²) in [6, 6.07) is 1.86. The molecular weight excluding hydrogens is 274 g/mol. The van der Waals surface area contributed by atoms with Gasteiger partial charge >= 0.3 is 5.97 Å². The van der Waals surface area contributed by atoms with Gasteiger partial charge in [0.2, 0.25) is 5.89 Å². The molecule has 7 heteroatoms. The Balaban J connectivity index is 2.09. The van der Waals surface area contributed by atoms with Crippen molar-refractivity contribution in [1.82, 2.24) is 15.1 Å². The number of methoxy groups -OCH3 is 1. The molecule has 0 aliphatic rings. The Hall–Kier alpha value is -2.15. The van der Waals surface area contributed by atoms with Gasteiger partial charge < -0.3 is 13.6 Å². The highest BCUT2D eigenvalue weighted by Gasteiger charge is 2.17. The van der Waals surface area contributed by atoms with E-state index in [0.29, 0.717) is 24.9 Å². The van der Waals surface area contributed by atoms with Gasteiger partial charge in [0.05, 0.1) is 25.8 Å². The van der Waals surface area contributed by atoms with Crippen molar-refractivity contribution in [2.75, 3.05) is 20.2 Å². The van der Waals surface area contributed by atoms with Crippen LogP contribution in [0.1, 0.15) is 24.3 Å². The molecule has 0 saturated heterocycles. The molecule has 0 radical (unpaired) electrons. The van der Waals surface area contributed by atoms with Crippen molar-refractivity contribution in [3.05, 3.63) is 23.5 Å². The maximum Gasteiger partial charge on any atom is 0.319 e. The Labute approximate surface area is 122 Å². The fourth-order valence-corrected chi connectivity index (χ4v) is 1.99. The second-order valence-corrected chi connectivity index (χ2v) is 4.71. The molecule has 0 spiro atoms. The molecule has 0 N–H and O–H groups in total. The number of aromatic nitrogens is 2. The molecule has 0 unspecified atom stereocenters. The van der Waals surface area contributed by atoms with E-state index in [2.05, 4.69) is 14.9 Å². The van der Waals surface area contributed by atoms with Gasteiger partial charge in [-0.05, 0) is 26.5 Å². The largest absolute Gasteiger partial charge is 0.468 e. The quantitative estimate of drug-likeness (QED) is 0.753. The maximum atomic E-state index is 11.3. The second kappa shape index (κ2) is 6.53. The van der Waals surface area contributed by atoms with Crippen molar-refractivity contribution < 1.29 is 18.4 Å². The molecule has 0 aliphatic carbocycles. The molecule has 0 aromatic carbocycles. The number of furan rings is 1. The number of esters is 1. The SMILES string of the molecule is CCN(CC(=O)OC)Cc1nnc(-c2cc(C)oc2C)o1. The van der Waals surface area contributed by atoms with E-state index >= 15 is 0 Å². The van der Waals surface area contributed by atoms with Gasteiger partial charge in [-0.3, -0.25) is 9.69 Å². The monoisotopic (exact) mass is 293 g/mol. The average Bonchev–Trinajstić information content (AvgIpc) is 3.04. The summed E-state index contributed by atoms with van der Waals surface area (Å²) < 4.78 is 15.7. The Morgan fingerprint density at radius 2 is 2.10 bits per heavy atom. The van der Waals surface area contributed by atoms with Gasteiger partial charge in [0.25, 0.3) is 5.89 Å². The van der Waals surface area contributed by atoms with Gasteiger partial charge in [-0.25, -0.2) is 0 Å². The predicted molar refractivity (Wildman–Crippen MR) is 74.4 cm³/mol. The van der Waals surface area contributed by atoms with E-state index in [1.54, 1.807) is 0 Å². The number of hydrogen-bond acceptors (Lipinski definition) is 7. The summed E-state index contributed by atoms with van der Waals surface area (Å²) in [5, 5.41) is 8.04. The minimum Gasteiger partial charge on any atom is -0.468 e. The zero-order valence-corrected chi connectivity index (χ0v) is 12.7. The molecule has 0 amide bonds. The number of nitrogens with zero attached hydrogens (tertiary/aromatic N) is 3. The van der Waals surface area contributed by atoms with E-state index < -0.39 is 0 Å². The maximum absolute atomic E-state index is 11.3. The minimum atomic E-state index is -0.294. The molecule has 0 saturated carbocycles. The van der Waals surface area contributed by atoms with Crippen LogP contribution < -0.4 is 0 Å². The molecule has 2 rings (SSSR count). The molecule has 2 heterocycles. The zero-order valence-electron chi connectivity index (χ0n) is 12.7. The fraction of sp³-hybridized carbons (Fsp3) is 0.500. The number of likely N-dealkylation sites (N-methyl/N-ethyl adjacent to an activating group) is 1. The third-order valence-corrected chi connectivity index (χ3v) is 3.12. The van der Waals surface area contributed by atoms with Crippen molar-refractivity contribution in [2.24, 2.45) is 0 Å². The highest BCUT2D eigenvalue weighted by atomic mass is 16.5. The predicted octanol–water partition coefficient (Wildman–Crippen LogP) is 1.94. The van der Waals surface area contributed by atoms with Crippen LogP contribution in [0.5, 0.6) is 0 Å². The van der Waals surface area contributed by atoms with Crippen LogP contribution in [-0.2, 0) is 16.1 Å². The van der Waals surface area contributed by atoms with E-state index in [1.807, 2.05) is 31.7 Å². The van der Waals surface area contributed by atoms with Crippen LogP contribution in [0.2, 0.25) is 0 Å². The van der Waals surface area contributed by atoms with Gasteiger partial charge in [-0.2, -0.15) is 0 Å². The van der Waals surface area contributed by atoms with E-state index in [9.17, 15) is 4.79 Å². The van der Waals surface area contributed by atoms with Crippen LogP contribution in [0.25, 0.3) is 11.5 Å². The Kier molecular flexibility index (Phi) is 4.74. The van der Waals surface area contributed by atoms with Crippen molar-refractivity contribution in [1.29, 1.82) is 0 Å². The third-order valence-electron chi connectivity index (χ3n) is 3.12. The summed E-state index contributed by atoms with van der Waals surface area (Å²) in [5.74, 6) is 2.12. The number of carbonyl (C=O) groups is 1. The van der Waals surface area contributed by atoms with Gasteiger partial charge in [0.15, 0.2) is 0 Å². The minimum absolute atomic E-state index is 0.189. The third kappa shape index (κ3) is 3.69. The topological polar surface area (TPSA) is 81.6 Å². The van der Waals surface area contributed by atoms with Gasteiger partial charge in [0.1, 0.15) is 11.5 Å². The first-order valence-electron chi connectivity index (χ1n) is 6.72. The standard InChI is InChI=1S/C14H19N3O4/c1-5-17(8-13(18)19-4)7-12-15-16-14(21-12)11-6-9(2)20-10(11)3/h6H,5,7-8H2,1-4H3. The number of ether oxygens (including phenoxy) is 1. The lowest BCUT2D eigenvalue weighted by Crippen LogP contribution is -2.30. The van der Waals surface area contributed by atoms with E-state index in [1.165, 1.54) is 7.11 Å². The Bertz CT molecular complexity index is 618. The van der Waals surface area contributed by atoms with Crippen LogP contribution in [0.15, 0.2) is 14.9 Å². The molecule has 0 atom stereocenters. The van der Waals surface area contributed by atoms with Crippen molar-refractivity contribution in [3.8, 4) is 11.5 Å². The molecule has 2 aromatic heterocycles. The van der Waals surface area contributed by atoms with Crippen molar-refractivity contribution in [3.63, 3.8) is 0 Å².